The van der Waals surface area contributed by atoms with Gasteiger partial charge in [-0.05, 0) is 24.1 Å². The van der Waals surface area contributed by atoms with Crippen LogP contribution in [0.4, 0.5) is 0 Å². The third-order valence-electron chi connectivity index (χ3n) is 2.78. The Morgan fingerprint density at radius 3 is 2.90 bits per heavy atom. The van der Waals surface area contributed by atoms with E-state index >= 15 is 0 Å². The second-order valence-corrected chi connectivity index (χ2v) is 6.30. The second-order valence-electron chi connectivity index (χ2n) is 4.98. The highest BCUT2D eigenvalue weighted by molar-refractivity contribution is 9.10. The van der Waals surface area contributed by atoms with E-state index in [-0.39, 0.29) is 12.2 Å². The van der Waals surface area contributed by atoms with E-state index < -0.39 is 0 Å². The fraction of sp³-hybridized carbons (Fsp3) is 0.357. The fourth-order valence-electron chi connectivity index (χ4n) is 1.87. The van der Waals surface area contributed by atoms with E-state index in [4.69, 9.17) is 11.6 Å². The Bertz CT molecular complexity index is 625. The van der Waals surface area contributed by atoms with Crippen LogP contribution in [0.15, 0.2) is 29.0 Å². The van der Waals surface area contributed by atoms with E-state index in [0.29, 0.717) is 22.3 Å². The molecule has 1 aromatic carbocycles. The first-order valence-corrected chi connectivity index (χ1v) is 7.49. The minimum absolute atomic E-state index is 0.0608. The molecule has 4 nitrogen and oxygen atoms in total. The summed E-state index contributed by atoms with van der Waals surface area (Å²) < 4.78 is 2.60. The first-order valence-electron chi connectivity index (χ1n) is 6.32. The summed E-state index contributed by atoms with van der Waals surface area (Å²) in [4.78, 5) is 16.5. The maximum absolute atomic E-state index is 12.3. The number of benzene rings is 1. The van der Waals surface area contributed by atoms with Crippen LogP contribution in [0.2, 0.25) is 5.02 Å². The van der Waals surface area contributed by atoms with Gasteiger partial charge in [-0.15, -0.1) is 0 Å². The molecule has 0 N–H and O–H groups in total. The number of hydrogen-bond donors (Lipinski definition) is 0. The predicted octanol–water partition coefficient (Wildman–Crippen LogP) is 3.78. The first-order chi connectivity index (χ1) is 9.47. The van der Waals surface area contributed by atoms with Crippen LogP contribution in [0.25, 0.3) is 0 Å². The number of ketones is 1. The van der Waals surface area contributed by atoms with Gasteiger partial charge in [0.1, 0.15) is 12.2 Å². The van der Waals surface area contributed by atoms with Crippen molar-refractivity contribution in [3.8, 4) is 0 Å². The normalized spacial score (nSPS) is 11.1. The summed E-state index contributed by atoms with van der Waals surface area (Å²) >= 11 is 9.42. The van der Waals surface area contributed by atoms with Crippen molar-refractivity contribution in [3.05, 3.63) is 45.4 Å². The van der Waals surface area contributed by atoms with Crippen molar-refractivity contribution in [1.82, 2.24) is 14.8 Å². The van der Waals surface area contributed by atoms with Crippen LogP contribution < -0.4 is 0 Å². The molecule has 0 aliphatic rings. The summed E-state index contributed by atoms with van der Waals surface area (Å²) in [5.74, 6) is 1.05. The molecule has 2 aromatic rings. The largest absolute Gasteiger partial charge is 0.294 e. The molecule has 0 fully saturated rings. The summed E-state index contributed by atoms with van der Waals surface area (Å²) in [5, 5.41) is 4.61. The molecule has 0 spiro atoms. The molecule has 0 aliphatic heterocycles. The zero-order valence-corrected chi connectivity index (χ0v) is 13.6. The van der Waals surface area contributed by atoms with Crippen LogP contribution in [0.3, 0.4) is 0 Å². The molecule has 0 amide bonds. The highest BCUT2D eigenvalue weighted by Crippen LogP contribution is 2.22. The zero-order chi connectivity index (χ0) is 14.7. The van der Waals surface area contributed by atoms with E-state index in [2.05, 4.69) is 39.9 Å². The van der Waals surface area contributed by atoms with Gasteiger partial charge in [-0.25, -0.2) is 9.67 Å². The number of hydrogen-bond acceptors (Lipinski definition) is 3. The van der Waals surface area contributed by atoms with Gasteiger partial charge in [-0.1, -0.05) is 41.4 Å². The van der Waals surface area contributed by atoms with Crippen molar-refractivity contribution in [2.24, 2.45) is 5.92 Å². The van der Waals surface area contributed by atoms with E-state index in [0.717, 1.165) is 11.0 Å². The molecular weight excluding hydrogens is 342 g/mol. The van der Waals surface area contributed by atoms with Crippen LogP contribution in [0, 0.1) is 5.92 Å². The Balaban J connectivity index is 2.20. The minimum atomic E-state index is -0.0608. The maximum Gasteiger partial charge on any atom is 0.171 e. The lowest BCUT2D eigenvalue weighted by atomic mass is 10.1. The molecule has 1 aromatic heterocycles. The lowest BCUT2D eigenvalue weighted by Gasteiger charge is -2.08. The van der Waals surface area contributed by atoms with E-state index in [1.54, 1.807) is 22.9 Å². The Hall–Kier alpha value is -1.20. The summed E-state index contributed by atoms with van der Waals surface area (Å²) in [7, 11) is 0. The zero-order valence-electron chi connectivity index (χ0n) is 11.3. The quantitative estimate of drug-likeness (QED) is 0.766. The van der Waals surface area contributed by atoms with Crippen LogP contribution >= 0.6 is 27.5 Å². The highest BCUT2D eigenvalue weighted by Gasteiger charge is 2.15. The van der Waals surface area contributed by atoms with E-state index in [9.17, 15) is 4.79 Å². The maximum atomic E-state index is 12.3. The van der Waals surface area contributed by atoms with Gasteiger partial charge in [-0.2, -0.15) is 5.10 Å². The summed E-state index contributed by atoms with van der Waals surface area (Å²) in [6.45, 7) is 4.94. The second kappa shape index (κ2) is 6.50. The molecule has 2 rings (SSSR count). The van der Waals surface area contributed by atoms with Gasteiger partial charge < -0.3 is 0 Å². The summed E-state index contributed by atoms with van der Waals surface area (Å²) in [6.07, 6.45) is 1.68. The van der Waals surface area contributed by atoms with Crippen LogP contribution in [-0.2, 0) is 13.0 Å². The van der Waals surface area contributed by atoms with Gasteiger partial charge in [0.25, 0.3) is 0 Å². The molecule has 0 saturated heterocycles. The number of halogens is 2. The summed E-state index contributed by atoms with van der Waals surface area (Å²) in [6, 6.07) is 5.24. The number of Topliss-reactive ketones (excluding diaryl/α,β-unsaturated/α-hetero) is 1. The third-order valence-corrected chi connectivity index (χ3v) is 3.60. The smallest absolute Gasteiger partial charge is 0.171 e. The van der Waals surface area contributed by atoms with Crippen LogP contribution in [-0.4, -0.2) is 20.5 Å². The Labute approximate surface area is 131 Å². The molecule has 1 heterocycles. The molecule has 0 radical (unpaired) electrons. The van der Waals surface area contributed by atoms with Crippen molar-refractivity contribution in [3.63, 3.8) is 0 Å². The molecule has 0 atom stereocenters. The Kier molecular flexibility index (Phi) is 4.94. The topological polar surface area (TPSA) is 47.8 Å². The Morgan fingerprint density at radius 2 is 2.20 bits per heavy atom. The number of carbonyl (C=O) groups is 1. The lowest BCUT2D eigenvalue weighted by molar-refractivity contribution is 0.0989. The molecule has 20 heavy (non-hydrogen) atoms. The minimum Gasteiger partial charge on any atom is -0.294 e. The number of aromatic nitrogens is 3. The average Bonchev–Trinajstić information content (AvgIpc) is 2.78. The average molecular weight is 357 g/mol. The predicted molar refractivity (Wildman–Crippen MR) is 82.0 cm³/mol. The number of carbonyl (C=O) groups excluding carboxylic acids is 1. The standard InChI is InChI=1S/C14H15BrClN3O/c1-9(2)7-19-14(17-8-18-19)6-13(20)11-5-10(15)3-4-12(11)16/h3-5,8-9H,6-7H2,1-2H3. The number of nitrogens with zero attached hydrogens (tertiary/aromatic N) is 3. The van der Waals surface area contributed by atoms with Gasteiger partial charge in [0.05, 0.1) is 11.4 Å². The van der Waals surface area contributed by atoms with Crippen molar-refractivity contribution in [2.45, 2.75) is 26.8 Å². The summed E-state index contributed by atoms with van der Waals surface area (Å²) in [5.41, 5.74) is 0.500. The fourth-order valence-corrected chi connectivity index (χ4v) is 2.46. The van der Waals surface area contributed by atoms with E-state index in [1.807, 2.05) is 0 Å². The van der Waals surface area contributed by atoms with Crippen molar-refractivity contribution >= 4 is 33.3 Å². The third kappa shape index (κ3) is 3.67. The number of rotatable bonds is 5. The molecule has 106 valence electrons. The lowest BCUT2D eigenvalue weighted by Crippen LogP contribution is -2.14. The van der Waals surface area contributed by atoms with Gasteiger partial charge in [0.15, 0.2) is 5.78 Å². The SMILES string of the molecule is CC(C)Cn1ncnc1CC(=O)c1cc(Br)ccc1Cl. The van der Waals surface area contributed by atoms with E-state index in [1.165, 1.54) is 6.33 Å². The molecule has 0 aliphatic carbocycles. The molecule has 0 saturated carbocycles. The van der Waals surface area contributed by atoms with Crippen molar-refractivity contribution in [2.75, 3.05) is 0 Å². The molecule has 0 unspecified atom stereocenters. The molecule has 0 bridgehead atoms. The van der Waals surface area contributed by atoms with Gasteiger partial charge in [0, 0.05) is 16.6 Å². The van der Waals surface area contributed by atoms with Gasteiger partial charge >= 0.3 is 0 Å². The monoisotopic (exact) mass is 355 g/mol. The van der Waals surface area contributed by atoms with Crippen LogP contribution in [0.5, 0.6) is 0 Å². The van der Waals surface area contributed by atoms with Crippen molar-refractivity contribution < 1.29 is 4.79 Å². The first kappa shape index (κ1) is 15.2. The van der Waals surface area contributed by atoms with Gasteiger partial charge in [0.2, 0.25) is 0 Å². The molecule has 6 heteroatoms. The van der Waals surface area contributed by atoms with Gasteiger partial charge in [-0.3, -0.25) is 4.79 Å². The highest BCUT2D eigenvalue weighted by atomic mass is 79.9. The Morgan fingerprint density at radius 1 is 1.45 bits per heavy atom. The van der Waals surface area contributed by atoms with Crippen LogP contribution in [0.1, 0.15) is 30.0 Å². The molecular formula is C14H15BrClN3O. The van der Waals surface area contributed by atoms with Crippen molar-refractivity contribution in [1.29, 1.82) is 0 Å².